The lowest BCUT2D eigenvalue weighted by atomic mass is 9.81. The number of hydrogen-bond acceptors (Lipinski definition) is 2. The van der Waals surface area contributed by atoms with Crippen LogP contribution in [0, 0.1) is 37.3 Å². The third kappa shape index (κ3) is 4.94. The van der Waals surface area contributed by atoms with Gasteiger partial charge in [-0.05, 0) is 74.9 Å². The van der Waals surface area contributed by atoms with Crippen LogP contribution >= 0.6 is 0 Å². The highest BCUT2D eigenvalue weighted by Gasteiger charge is 2.30. The molecule has 1 fully saturated rings. The number of amides is 2. The molecule has 0 aliphatic heterocycles. The second-order valence-electron chi connectivity index (χ2n) is 7.53. The van der Waals surface area contributed by atoms with E-state index in [2.05, 4.69) is 10.6 Å². The molecule has 2 aromatic carbocycles. The van der Waals surface area contributed by atoms with Gasteiger partial charge in [-0.2, -0.15) is 0 Å². The standard InChI is InChI=1S/C22H24F2N2O2/c1-13-9-14(2)11-18(10-13)26-22(28)16-5-3-15(4-6-16)21(27)25-17-7-8-19(23)20(24)12-17/h7-12,15-16H,3-6H2,1-2H3,(H,25,27)(H,26,28). The van der Waals surface area contributed by atoms with E-state index in [9.17, 15) is 18.4 Å². The zero-order valence-corrected chi connectivity index (χ0v) is 16.0. The maximum Gasteiger partial charge on any atom is 0.227 e. The first-order valence-electron chi connectivity index (χ1n) is 9.47. The Bertz CT molecular complexity index is 870. The normalized spacial score (nSPS) is 19.1. The van der Waals surface area contributed by atoms with Crippen molar-refractivity contribution in [3.05, 3.63) is 59.2 Å². The van der Waals surface area contributed by atoms with E-state index in [1.165, 1.54) is 6.07 Å². The Morgan fingerprint density at radius 2 is 1.25 bits per heavy atom. The number of anilines is 2. The van der Waals surface area contributed by atoms with Crippen molar-refractivity contribution in [2.45, 2.75) is 39.5 Å². The summed E-state index contributed by atoms with van der Waals surface area (Å²) in [6.45, 7) is 3.97. The first-order valence-corrected chi connectivity index (χ1v) is 9.47. The molecule has 0 heterocycles. The number of aryl methyl sites for hydroxylation is 2. The van der Waals surface area contributed by atoms with E-state index in [1.54, 1.807) is 0 Å². The lowest BCUT2D eigenvalue weighted by Crippen LogP contribution is -2.32. The third-order valence-corrected chi connectivity index (χ3v) is 5.15. The van der Waals surface area contributed by atoms with Crippen molar-refractivity contribution in [3.8, 4) is 0 Å². The van der Waals surface area contributed by atoms with Crippen LogP contribution in [0.1, 0.15) is 36.8 Å². The lowest BCUT2D eigenvalue weighted by molar-refractivity contribution is -0.125. The molecule has 4 nitrogen and oxygen atoms in total. The predicted octanol–water partition coefficient (Wildman–Crippen LogP) is 4.97. The summed E-state index contributed by atoms with van der Waals surface area (Å²) in [5.41, 5.74) is 3.21. The Kier molecular flexibility index (Phi) is 6.07. The number of halogens is 2. The molecule has 2 N–H and O–H groups in total. The molecule has 0 saturated heterocycles. The summed E-state index contributed by atoms with van der Waals surface area (Å²) in [6.07, 6.45) is 2.40. The molecule has 148 valence electrons. The van der Waals surface area contributed by atoms with Crippen LogP contribution < -0.4 is 10.6 Å². The first kappa shape index (κ1) is 20.0. The molecule has 0 aromatic heterocycles. The molecule has 0 bridgehead atoms. The molecule has 3 rings (SSSR count). The summed E-state index contributed by atoms with van der Waals surface area (Å²) in [5.74, 6) is -2.56. The van der Waals surface area contributed by atoms with E-state index in [0.29, 0.717) is 25.7 Å². The van der Waals surface area contributed by atoms with Gasteiger partial charge < -0.3 is 10.6 Å². The Labute approximate surface area is 163 Å². The highest BCUT2D eigenvalue weighted by atomic mass is 19.2. The summed E-state index contributed by atoms with van der Waals surface area (Å²) >= 11 is 0. The quantitative estimate of drug-likeness (QED) is 0.780. The van der Waals surface area contributed by atoms with Crippen LogP contribution in [0.2, 0.25) is 0 Å². The Morgan fingerprint density at radius 1 is 0.750 bits per heavy atom. The van der Waals surface area contributed by atoms with Crippen LogP contribution in [0.5, 0.6) is 0 Å². The zero-order valence-electron chi connectivity index (χ0n) is 16.0. The van der Waals surface area contributed by atoms with Gasteiger partial charge in [0, 0.05) is 29.3 Å². The Balaban J connectivity index is 1.52. The maximum absolute atomic E-state index is 13.3. The van der Waals surface area contributed by atoms with Gasteiger partial charge in [0.1, 0.15) is 0 Å². The van der Waals surface area contributed by atoms with Gasteiger partial charge in [0.15, 0.2) is 11.6 Å². The minimum atomic E-state index is -0.996. The predicted molar refractivity (Wildman–Crippen MR) is 105 cm³/mol. The molecule has 6 heteroatoms. The van der Waals surface area contributed by atoms with Crippen molar-refractivity contribution in [2.24, 2.45) is 11.8 Å². The number of carbonyl (C=O) groups is 2. The van der Waals surface area contributed by atoms with E-state index in [4.69, 9.17) is 0 Å². The third-order valence-electron chi connectivity index (χ3n) is 5.15. The number of carbonyl (C=O) groups excluding carboxylic acids is 2. The van der Waals surface area contributed by atoms with E-state index in [-0.39, 0.29) is 29.3 Å². The average Bonchev–Trinajstić information content (AvgIpc) is 2.64. The molecule has 2 aromatic rings. The molecule has 0 unspecified atom stereocenters. The summed E-state index contributed by atoms with van der Waals surface area (Å²) in [7, 11) is 0. The minimum Gasteiger partial charge on any atom is -0.326 e. The molecule has 0 spiro atoms. The van der Waals surface area contributed by atoms with Gasteiger partial charge in [-0.1, -0.05) is 6.07 Å². The van der Waals surface area contributed by atoms with Crippen LogP contribution in [0.3, 0.4) is 0 Å². The van der Waals surface area contributed by atoms with Crippen LogP contribution in [-0.2, 0) is 9.59 Å². The van der Waals surface area contributed by atoms with Crippen LogP contribution in [-0.4, -0.2) is 11.8 Å². The first-order chi connectivity index (χ1) is 13.3. The molecule has 1 aliphatic carbocycles. The fourth-order valence-electron chi connectivity index (χ4n) is 3.73. The zero-order chi connectivity index (χ0) is 20.3. The SMILES string of the molecule is Cc1cc(C)cc(NC(=O)C2CCC(C(=O)Nc3ccc(F)c(F)c3)CC2)c1. The minimum absolute atomic E-state index is 0.0236. The molecule has 2 amide bonds. The van der Waals surface area contributed by atoms with E-state index in [1.807, 2.05) is 32.0 Å². The summed E-state index contributed by atoms with van der Waals surface area (Å²) < 4.78 is 26.3. The van der Waals surface area contributed by atoms with Gasteiger partial charge in [0.05, 0.1) is 0 Å². The molecule has 28 heavy (non-hydrogen) atoms. The number of nitrogens with one attached hydrogen (secondary N) is 2. The summed E-state index contributed by atoms with van der Waals surface area (Å²) in [5, 5.41) is 5.60. The second kappa shape index (κ2) is 8.50. The van der Waals surface area contributed by atoms with Crippen molar-refractivity contribution < 1.29 is 18.4 Å². The van der Waals surface area contributed by atoms with E-state index in [0.717, 1.165) is 28.9 Å². The summed E-state index contributed by atoms with van der Waals surface area (Å²) in [6, 6.07) is 9.21. The number of rotatable bonds is 4. The molecular formula is C22H24F2N2O2. The highest BCUT2D eigenvalue weighted by Crippen LogP contribution is 2.31. The monoisotopic (exact) mass is 386 g/mol. The van der Waals surface area contributed by atoms with Crippen molar-refractivity contribution in [1.29, 1.82) is 0 Å². The van der Waals surface area contributed by atoms with Gasteiger partial charge in [0.25, 0.3) is 0 Å². The van der Waals surface area contributed by atoms with Crippen molar-refractivity contribution >= 4 is 23.2 Å². The average molecular weight is 386 g/mol. The molecule has 1 aliphatic rings. The fourth-order valence-corrected chi connectivity index (χ4v) is 3.73. The van der Waals surface area contributed by atoms with Gasteiger partial charge in [0.2, 0.25) is 11.8 Å². The van der Waals surface area contributed by atoms with Gasteiger partial charge >= 0.3 is 0 Å². The molecular weight excluding hydrogens is 362 g/mol. The van der Waals surface area contributed by atoms with Crippen LogP contribution in [0.15, 0.2) is 36.4 Å². The highest BCUT2D eigenvalue weighted by molar-refractivity contribution is 5.94. The van der Waals surface area contributed by atoms with Gasteiger partial charge in [-0.3, -0.25) is 9.59 Å². The van der Waals surface area contributed by atoms with E-state index >= 15 is 0 Å². The smallest absolute Gasteiger partial charge is 0.227 e. The van der Waals surface area contributed by atoms with Crippen molar-refractivity contribution in [3.63, 3.8) is 0 Å². The van der Waals surface area contributed by atoms with Crippen molar-refractivity contribution in [2.75, 3.05) is 10.6 Å². The Hall–Kier alpha value is -2.76. The maximum atomic E-state index is 13.3. The molecule has 0 radical (unpaired) electrons. The number of hydrogen-bond donors (Lipinski definition) is 2. The largest absolute Gasteiger partial charge is 0.326 e. The molecule has 1 saturated carbocycles. The lowest BCUT2D eigenvalue weighted by Gasteiger charge is -2.27. The van der Waals surface area contributed by atoms with Gasteiger partial charge in [-0.25, -0.2) is 8.78 Å². The topological polar surface area (TPSA) is 58.2 Å². The molecule has 0 atom stereocenters. The summed E-state index contributed by atoms with van der Waals surface area (Å²) in [4.78, 5) is 24.9. The Morgan fingerprint density at radius 3 is 1.75 bits per heavy atom. The van der Waals surface area contributed by atoms with Gasteiger partial charge in [-0.15, -0.1) is 0 Å². The van der Waals surface area contributed by atoms with Crippen molar-refractivity contribution in [1.82, 2.24) is 0 Å². The van der Waals surface area contributed by atoms with E-state index < -0.39 is 11.6 Å². The fraction of sp³-hybridized carbons (Fsp3) is 0.364. The van der Waals surface area contributed by atoms with Crippen LogP contribution in [0.4, 0.5) is 20.2 Å². The second-order valence-corrected chi connectivity index (χ2v) is 7.53. The number of benzene rings is 2. The van der Waals surface area contributed by atoms with Crippen LogP contribution in [0.25, 0.3) is 0 Å².